The zero-order valence-corrected chi connectivity index (χ0v) is 33.4. The SMILES string of the molecule is CC#CCOc1ccc(C[C@H](NC(=O)[C@@H](C=CCCCCCNS(=O)(=O)CCCCCCCC)[C@@](O)(CCC)C(=O)OC(C)(C)C)C(=O)OC)cc1. The first-order chi connectivity index (χ1) is 24.6. The summed E-state index contributed by atoms with van der Waals surface area (Å²) in [5, 5.41) is 14.6. The summed E-state index contributed by atoms with van der Waals surface area (Å²) in [6.07, 6.45) is 12.3. The molecule has 3 atom stereocenters. The Kier molecular flexibility index (Phi) is 22.2. The summed E-state index contributed by atoms with van der Waals surface area (Å²) in [4.78, 5) is 40.3. The molecular formula is C40H64N2O9S. The van der Waals surface area contributed by atoms with Crippen LogP contribution in [0.3, 0.4) is 0 Å². The van der Waals surface area contributed by atoms with Crippen molar-refractivity contribution in [3.63, 3.8) is 0 Å². The van der Waals surface area contributed by atoms with Crippen LogP contribution < -0.4 is 14.8 Å². The number of rotatable bonds is 26. The second-order valence-electron chi connectivity index (χ2n) is 14.1. The Morgan fingerprint density at radius 1 is 0.942 bits per heavy atom. The lowest BCUT2D eigenvalue weighted by Crippen LogP contribution is -2.56. The summed E-state index contributed by atoms with van der Waals surface area (Å²) < 4.78 is 43.5. The topological polar surface area (TPSA) is 157 Å². The lowest BCUT2D eigenvalue weighted by Gasteiger charge is -2.34. The van der Waals surface area contributed by atoms with E-state index in [4.69, 9.17) is 14.2 Å². The fraction of sp³-hybridized carbons (Fsp3) is 0.675. The number of carbonyl (C=O) groups is 3. The first-order valence-corrected chi connectivity index (χ1v) is 20.4. The highest BCUT2D eigenvalue weighted by Gasteiger charge is 2.49. The van der Waals surface area contributed by atoms with Gasteiger partial charge in [-0.2, -0.15) is 0 Å². The Labute approximate surface area is 313 Å². The van der Waals surface area contributed by atoms with Crippen molar-refractivity contribution in [1.29, 1.82) is 0 Å². The highest BCUT2D eigenvalue weighted by atomic mass is 32.2. The Balaban J connectivity index is 3.02. The molecule has 1 rings (SSSR count). The molecule has 294 valence electrons. The normalized spacial score (nSPS) is 14.1. The zero-order chi connectivity index (χ0) is 39.0. The van der Waals surface area contributed by atoms with Crippen molar-refractivity contribution in [1.82, 2.24) is 10.0 Å². The Morgan fingerprint density at radius 2 is 1.60 bits per heavy atom. The number of hydrogen-bond acceptors (Lipinski definition) is 9. The van der Waals surface area contributed by atoms with E-state index in [0.29, 0.717) is 44.4 Å². The van der Waals surface area contributed by atoms with Gasteiger partial charge in [0.05, 0.1) is 18.8 Å². The molecule has 0 heterocycles. The predicted molar refractivity (Wildman–Crippen MR) is 205 cm³/mol. The highest BCUT2D eigenvalue weighted by Crippen LogP contribution is 2.30. The molecule has 3 N–H and O–H groups in total. The van der Waals surface area contributed by atoms with Crippen LogP contribution in [0.1, 0.15) is 124 Å². The third-order valence-electron chi connectivity index (χ3n) is 8.30. The summed E-state index contributed by atoms with van der Waals surface area (Å²) in [5.74, 6) is 2.59. The van der Waals surface area contributed by atoms with Gasteiger partial charge in [0.25, 0.3) is 0 Å². The predicted octanol–water partition coefficient (Wildman–Crippen LogP) is 6.17. The monoisotopic (exact) mass is 748 g/mol. The fourth-order valence-electron chi connectivity index (χ4n) is 5.51. The molecule has 0 saturated heterocycles. The standard InChI is InChI=1S/C40H64N2O9S/c1-8-11-13-14-18-21-30-52(47,48)41-28-20-17-15-16-19-22-34(40(46,27-10-3)38(45)51-39(4,5)6)36(43)42-35(37(44)49-7)31-32-23-25-33(26-24-32)50-29-12-9-2/h19,22-26,34-35,41,46H,8,10-11,13-18,20-21,27-31H2,1-7H3,(H,42,43)/t34-,35+,40+/m1/s1. The Morgan fingerprint density at radius 3 is 2.21 bits per heavy atom. The van der Waals surface area contributed by atoms with Crippen LogP contribution in [0.15, 0.2) is 36.4 Å². The van der Waals surface area contributed by atoms with E-state index < -0.39 is 51.0 Å². The van der Waals surface area contributed by atoms with Crippen molar-refractivity contribution in [2.24, 2.45) is 5.92 Å². The van der Waals surface area contributed by atoms with Gasteiger partial charge in [0.2, 0.25) is 15.9 Å². The van der Waals surface area contributed by atoms with E-state index in [1.807, 2.05) is 0 Å². The van der Waals surface area contributed by atoms with Crippen LogP contribution in [0.2, 0.25) is 0 Å². The number of methoxy groups -OCH3 is 1. The molecule has 11 nitrogen and oxygen atoms in total. The van der Waals surface area contributed by atoms with Crippen molar-refractivity contribution in [2.45, 2.75) is 142 Å². The number of hydrogen-bond donors (Lipinski definition) is 3. The number of ether oxygens (including phenoxy) is 3. The highest BCUT2D eigenvalue weighted by molar-refractivity contribution is 7.89. The minimum Gasteiger partial charge on any atom is -0.481 e. The van der Waals surface area contributed by atoms with Gasteiger partial charge < -0.3 is 24.6 Å². The number of carbonyl (C=O) groups excluding carboxylic acids is 3. The van der Waals surface area contributed by atoms with Crippen molar-refractivity contribution in [3.8, 4) is 17.6 Å². The minimum absolute atomic E-state index is 0.0595. The summed E-state index contributed by atoms with van der Waals surface area (Å²) >= 11 is 0. The van der Waals surface area contributed by atoms with E-state index in [1.54, 1.807) is 65.0 Å². The van der Waals surface area contributed by atoms with Crippen molar-refractivity contribution in [2.75, 3.05) is 26.0 Å². The zero-order valence-electron chi connectivity index (χ0n) is 32.6. The fourth-order valence-corrected chi connectivity index (χ4v) is 6.69. The minimum atomic E-state index is -3.30. The van der Waals surface area contributed by atoms with Gasteiger partial charge in [0.1, 0.15) is 24.0 Å². The van der Waals surface area contributed by atoms with Crippen LogP contribution in [0.4, 0.5) is 0 Å². The average molecular weight is 749 g/mol. The molecule has 0 unspecified atom stereocenters. The van der Waals surface area contributed by atoms with Crippen LogP contribution in [0.25, 0.3) is 0 Å². The third-order valence-corrected chi connectivity index (χ3v) is 9.77. The van der Waals surface area contributed by atoms with Crippen molar-refractivity contribution >= 4 is 27.9 Å². The lowest BCUT2D eigenvalue weighted by atomic mass is 9.81. The molecular weight excluding hydrogens is 685 g/mol. The van der Waals surface area contributed by atoms with Crippen molar-refractivity contribution < 1.29 is 42.1 Å². The third kappa shape index (κ3) is 18.9. The van der Waals surface area contributed by atoms with Gasteiger partial charge in [-0.3, -0.25) is 4.79 Å². The number of amides is 1. The van der Waals surface area contributed by atoms with Crippen LogP contribution >= 0.6 is 0 Å². The molecule has 0 aliphatic rings. The maximum atomic E-state index is 14.0. The summed E-state index contributed by atoms with van der Waals surface area (Å²) in [7, 11) is -2.08. The molecule has 1 aromatic carbocycles. The van der Waals surface area contributed by atoms with E-state index in [9.17, 15) is 27.9 Å². The second-order valence-corrected chi connectivity index (χ2v) is 16.0. The van der Waals surface area contributed by atoms with Gasteiger partial charge in [-0.05, 0) is 77.5 Å². The number of allylic oxidation sites excluding steroid dienone is 1. The van der Waals surface area contributed by atoms with Crippen LogP contribution in [-0.4, -0.2) is 74.6 Å². The van der Waals surface area contributed by atoms with Gasteiger partial charge in [-0.25, -0.2) is 22.7 Å². The number of aliphatic hydroxyl groups is 1. The number of nitrogens with one attached hydrogen (secondary N) is 2. The van der Waals surface area contributed by atoms with E-state index in [2.05, 4.69) is 28.8 Å². The van der Waals surface area contributed by atoms with Crippen molar-refractivity contribution in [3.05, 3.63) is 42.0 Å². The average Bonchev–Trinajstić information content (AvgIpc) is 3.08. The summed E-state index contributed by atoms with van der Waals surface area (Å²) in [5.41, 5.74) is -2.41. The molecule has 0 aliphatic carbocycles. The molecule has 0 fully saturated rings. The molecule has 0 radical (unpaired) electrons. The van der Waals surface area contributed by atoms with Crippen LogP contribution in [0, 0.1) is 17.8 Å². The molecule has 1 aromatic rings. The maximum Gasteiger partial charge on any atom is 0.339 e. The van der Waals surface area contributed by atoms with Gasteiger partial charge in [-0.15, -0.1) is 5.92 Å². The molecule has 0 spiro atoms. The Hall–Kier alpha value is -3.40. The van der Waals surface area contributed by atoms with Crippen LogP contribution in [-0.2, 0) is 40.3 Å². The molecule has 0 saturated carbocycles. The van der Waals surface area contributed by atoms with Gasteiger partial charge in [0.15, 0.2) is 5.60 Å². The number of benzene rings is 1. The Bertz CT molecular complexity index is 1410. The smallest absolute Gasteiger partial charge is 0.339 e. The van der Waals surface area contributed by atoms with Gasteiger partial charge in [0, 0.05) is 13.0 Å². The number of unbranched alkanes of at least 4 members (excludes halogenated alkanes) is 8. The molecule has 1 amide bonds. The van der Waals surface area contributed by atoms with Crippen LogP contribution in [0.5, 0.6) is 5.75 Å². The number of sulfonamides is 1. The first-order valence-electron chi connectivity index (χ1n) is 18.7. The van der Waals surface area contributed by atoms with Gasteiger partial charge in [-0.1, -0.05) is 89.0 Å². The summed E-state index contributed by atoms with van der Waals surface area (Å²) in [6, 6.07) is 5.90. The number of esters is 2. The molecule has 0 aromatic heterocycles. The summed E-state index contributed by atoms with van der Waals surface area (Å²) in [6.45, 7) is 11.3. The molecule has 0 aliphatic heterocycles. The second kappa shape index (κ2) is 24.8. The molecule has 52 heavy (non-hydrogen) atoms. The van der Waals surface area contributed by atoms with E-state index in [0.717, 1.165) is 37.7 Å². The lowest BCUT2D eigenvalue weighted by molar-refractivity contribution is -0.184. The molecule has 12 heteroatoms. The first kappa shape index (κ1) is 46.6. The van der Waals surface area contributed by atoms with Gasteiger partial charge >= 0.3 is 11.9 Å². The van der Waals surface area contributed by atoms with E-state index >= 15 is 0 Å². The quantitative estimate of drug-likeness (QED) is 0.0436. The van der Waals surface area contributed by atoms with E-state index in [-0.39, 0.29) is 25.2 Å². The molecule has 0 bridgehead atoms. The maximum absolute atomic E-state index is 14.0. The van der Waals surface area contributed by atoms with E-state index in [1.165, 1.54) is 19.6 Å². The largest absolute Gasteiger partial charge is 0.481 e.